The Morgan fingerprint density at radius 3 is 2.48 bits per heavy atom. The number of benzene rings is 1. The molecule has 0 spiro atoms. The number of carbonyl (C=O) groups is 1. The third kappa shape index (κ3) is 5.03. The van der Waals surface area contributed by atoms with Crippen LogP contribution in [0.15, 0.2) is 42.7 Å². The molecule has 1 aromatic heterocycles. The summed E-state index contributed by atoms with van der Waals surface area (Å²) >= 11 is 0. The Kier molecular flexibility index (Phi) is 6.24. The molecule has 0 saturated carbocycles. The first-order valence-corrected chi connectivity index (χ1v) is 10.6. The van der Waals surface area contributed by atoms with Crippen molar-refractivity contribution in [2.45, 2.75) is 31.7 Å². The van der Waals surface area contributed by atoms with Gasteiger partial charge in [-0.15, -0.1) is 0 Å². The van der Waals surface area contributed by atoms with Crippen LogP contribution in [0.2, 0.25) is 0 Å². The van der Waals surface area contributed by atoms with Crippen molar-refractivity contribution in [3.8, 4) is 0 Å². The number of hydrogen-bond acceptors (Lipinski definition) is 6. The van der Waals surface area contributed by atoms with E-state index in [1.807, 2.05) is 24.3 Å². The Balaban J connectivity index is 1.39. The predicted molar refractivity (Wildman–Crippen MR) is 116 cm³/mol. The van der Waals surface area contributed by atoms with E-state index >= 15 is 0 Å². The van der Waals surface area contributed by atoms with E-state index in [2.05, 4.69) is 43.5 Å². The fraction of sp³-hybridized carbons (Fsp3) is 0.500. The van der Waals surface area contributed by atoms with Crippen molar-refractivity contribution < 1.29 is 4.79 Å². The fourth-order valence-corrected chi connectivity index (χ4v) is 4.15. The smallest absolute Gasteiger partial charge is 0.229 e. The van der Waals surface area contributed by atoms with Gasteiger partial charge in [0.1, 0.15) is 0 Å². The second-order valence-electron chi connectivity index (χ2n) is 8.09. The van der Waals surface area contributed by atoms with E-state index in [0.29, 0.717) is 18.5 Å². The van der Waals surface area contributed by atoms with E-state index in [4.69, 9.17) is 0 Å². The summed E-state index contributed by atoms with van der Waals surface area (Å²) in [4.78, 5) is 26.2. The molecular weight excluding hydrogens is 364 g/mol. The first-order chi connectivity index (χ1) is 14.2. The molecule has 1 amide bonds. The molecule has 2 aliphatic heterocycles. The average Bonchev–Trinajstić information content (AvgIpc) is 2.77. The lowest BCUT2D eigenvalue weighted by Gasteiger charge is -2.32. The van der Waals surface area contributed by atoms with Gasteiger partial charge < -0.3 is 20.4 Å². The molecule has 0 unspecified atom stereocenters. The van der Waals surface area contributed by atoms with E-state index in [1.54, 1.807) is 12.4 Å². The Bertz CT molecular complexity index is 806. The molecule has 7 nitrogen and oxygen atoms in total. The monoisotopic (exact) mass is 394 g/mol. The van der Waals surface area contributed by atoms with Gasteiger partial charge in [0.25, 0.3) is 0 Å². The Labute approximate surface area is 172 Å². The number of aromatic nitrogens is 2. The molecule has 7 heteroatoms. The number of rotatable bonds is 5. The lowest BCUT2D eigenvalue weighted by atomic mass is 9.97. The number of piperidine rings is 2. The normalized spacial score (nSPS) is 21.0. The molecule has 4 rings (SSSR count). The Hall–Kier alpha value is -2.67. The minimum Gasteiger partial charge on any atom is -0.381 e. The molecule has 2 aromatic rings. The number of anilines is 3. The van der Waals surface area contributed by atoms with Gasteiger partial charge in [-0.2, -0.15) is 0 Å². The molecule has 2 aliphatic rings. The van der Waals surface area contributed by atoms with Crippen LogP contribution in [0.4, 0.5) is 17.3 Å². The molecule has 2 saturated heterocycles. The van der Waals surface area contributed by atoms with Crippen molar-refractivity contribution in [1.29, 1.82) is 0 Å². The number of nitrogens with zero attached hydrogens (tertiary/aromatic N) is 4. The minimum absolute atomic E-state index is 0.0658. The van der Waals surface area contributed by atoms with Crippen LogP contribution < -0.4 is 15.5 Å². The third-order valence-electron chi connectivity index (χ3n) is 5.89. The number of hydrogen-bond donors (Lipinski definition) is 2. The van der Waals surface area contributed by atoms with Crippen molar-refractivity contribution >= 4 is 23.2 Å². The number of likely N-dealkylation sites (tertiary alicyclic amines) is 1. The van der Waals surface area contributed by atoms with Crippen LogP contribution in [0.1, 0.15) is 25.7 Å². The summed E-state index contributed by atoms with van der Waals surface area (Å²) in [6.45, 7) is 3.75. The summed E-state index contributed by atoms with van der Waals surface area (Å²) in [5.41, 5.74) is 1.87. The summed E-state index contributed by atoms with van der Waals surface area (Å²) in [5, 5.41) is 6.81. The fourth-order valence-electron chi connectivity index (χ4n) is 4.15. The van der Waals surface area contributed by atoms with Crippen LogP contribution in [0, 0.1) is 5.92 Å². The van der Waals surface area contributed by atoms with Gasteiger partial charge in [-0.05, 0) is 64.0 Å². The number of amides is 1. The van der Waals surface area contributed by atoms with Crippen molar-refractivity contribution in [2.75, 3.05) is 48.8 Å². The van der Waals surface area contributed by atoms with Crippen LogP contribution in [0.5, 0.6) is 0 Å². The molecule has 2 fully saturated rings. The van der Waals surface area contributed by atoms with Crippen LogP contribution in [0.25, 0.3) is 0 Å². The molecule has 1 aromatic carbocycles. The molecule has 2 N–H and O–H groups in total. The van der Waals surface area contributed by atoms with E-state index in [-0.39, 0.29) is 11.8 Å². The van der Waals surface area contributed by atoms with E-state index in [1.165, 1.54) is 0 Å². The molecule has 1 atom stereocenters. The zero-order valence-corrected chi connectivity index (χ0v) is 17.1. The van der Waals surface area contributed by atoms with Crippen molar-refractivity contribution in [3.05, 3.63) is 42.7 Å². The highest BCUT2D eigenvalue weighted by Gasteiger charge is 2.27. The Morgan fingerprint density at radius 2 is 1.72 bits per heavy atom. The van der Waals surface area contributed by atoms with Crippen LogP contribution in [-0.2, 0) is 4.79 Å². The van der Waals surface area contributed by atoms with Gasteiger partial charge in [0.15, 0.2) is 0 Å². The number of carbonyl (C=O) groups excluding carboxylic acids is 1. The maximum Gasteiger partial charge on any atom is 0.229 e. The standard InChI is InChI=1S/C22H30N6O/c1-27-14-9-18(10-15-27)25-19-7-2-3-8-20(19)26-21(29)17-6-4-13-28(16-17)22-23-11-5-12-24-22/h2-3,5,7-8,11-12,17-18,25H,4,6,9-10,13-16H2,1H3,(H,26,29)/t17-/m1/s1. The van der Waals surface area contributed by atoms with Crippen molar-refractivity contribution in [1.82, 2.24) is 14.9 Å². The zero-order valence-electron chi connectivity index (χ0n) is 17.1. The van der Waals surface area contributed by atoms with Gasteiger partial charge in [0.2, 0.25) is 11.9 Å². The number of nitrogens with one attached hydrogen (secondary N) is 2. The largest absolute Gasteiger partial charge is 0.381 e. The van der Waals surface area contributed by atoms with Gasteiger partial charge in [0, 0.05) is 31.5 Å². The summed E-state index contributed by atoms with van der Waals surface area (Å²) in [6, 6.07) is 10.3. The highest BCUT2D eigenvalue weighted by Crippen LogP contribution is 2.27. The average molecular weight is 395 g/mol. The molecule has 3 heterocycles. The quantitative estimate of drug-likeness (QED) is 0.812. The highest BCUT2D eigenvalue weighted by molar-refractivity contribution is 5.96. The second kappa shape index (κ2) is 9.22. The minimum atomic E-state index is -0.0658. The maximum absolute atomic E-state index is 13.0. The molecule has 154 valence electrons. The number of para-hydroxylation sites is 2. The SMILES string of the molecule is CN1CCC(Nc2ccccc2NC(=O)[C@@H]2CCCN(c3ncccn3)C2)CC1. The first-order valence-electron chi connectivity index (χ1n) is 10.6. The van der Waals surface area contributed by atoms with Crippen LogP contribution in [0.3, 0.4) is 0 Å². The summed E-state index contributed by atoms with van der Waals surface area (Å²) in [6.07, 6.45) is 7.58. The molecule has 0 aliphatic carbocycles. The van der Waals surface area contributed by atoms with Gasteiger partial charge in [0.05, 0.1) is 17.3 Å². The molecular formula is C22H30N6O. The van der Waals surface area contributed by atoms with Gasteiger partial charge in [-0.3, -0.25) is 4.79 Å². The lowest BCUT2D eigenvalue weighted by molar-refractivity contribution is -0.120. The van der Waals surface area contributed by atoms with Crippen molar-refractivity contribution in [2.24, 2.45) is 5.92 Å². The second-order valence-corrected chi connectivity index (χ2v) is 8.09. The third-order valence-corrected chi connectivity index (χ3v) is 5.89. The van der Waals surface area contributed by atoms with E-state index in [9.17, 15) is 4.79 Å². The topological polar surface area (TPSA) is 73.4 Å². The van der Waals surface area contributed by atoms with E-state index in [0.717, 1.165) is 56.7 Å². The Morgan fingerprint density at radius 1 is 1.00 bits per heavy atom. The summed E-state index contributed by atoms with van der Waals surface area (Å²) < 4.78 is 0. The van der Waals surface area contributed by atoms with Crippen molar-refractivity contribution in [3.63, 3.8) is 0 Å². The zero-order chi connectivity index (χ0) is 20.1. The first kappa shape index (κ1) is 19.6. The van der Waals surface area contributed by atoms with Gasteiger partial charge >= 0.3 is 0 Å². The van der Waals surface area contributed by atoms with Gasteiger partial charge in [-0.25, -0.2) is 9.97 Å². The van der Waals surface area contributed by atoms with Gasteiger partial charge in [-0.1, -0.05) is 12.1 Å². The molecule has 0 bridgehead atoms. The summed E-state index contributed by atoms with van der Waals surface area (Å²) in [5.74, 6) is 0.710. The highest BCUT2D eigenvalue weighted by atomic mass is 16.1. The predicted octanol–water partition coefficient (Wildman–Crippen LogP) is 2.84. The summed E-state index contributed by atoms with van der Waals surface area (Å²) in [7, 11) is 2.17. The maximum atomic E-state index is 13.0. The lowest BCUT2D eigenvalue weighted by Crippen LogP contribution is -2.41. The van der Waals surface area contributed by atoms with Crippen LogP contribution >= 0.6 is 0 Å². The van der Waals surface area contributed by atoms with E-state index < -0.39 is 0 Å². The molecule has 29 heavy (non-hydrogen) atoms. The molecule has 0 radical (unpaired) electrons. The van der Waals surface area contributed by atoms with Crippen LogP contribution in [-0.4, -0.2) is 60.0 Å².